The van der Waals surface area contributed by atoms with Crippen molar-refractivity contribution in [2.45, 2.75) is 69.7 Å². The van der Waals surface area contributed by atoms with E-state index in [2.05, 4.69) is 23.0 Å². The lowest BCUT2D eigenvalue weighted by molar-refractivity contribution is -0.0679. The van der Waals surface area contributed by atoms with Crippen LogP contribution >= 0.6 is 0 Å². The maximum atomic E-state index is 6.38. The molecule has 2 heterocycles. The fourth-order valence-electron chi connectivity index (χ4n) is 3.55. The van der Waals surface area contributed by atoms with Gasteiger partial charge in [0.1, 0.15) is 0 Å². The highest BCUT2D eigenvalue weighted by Crippen LogP contribution is 2.42. The summed E-state index contributed by atoms with van der Waals surface area (Å²) in [6.45, 7) is 1.62. The van der Waals surface area contributed by atoms with E-state index in [-0.39, 0.29) is 5.60 Å². The fraction of sp³-hybridized carbons (Fsp3) is 0.733. The van der Waals surface area contributed by atoms with E-state index in [0.29, 0.717) is 12.6 Å². The number of nitrogens with two attached hydrogens (primary N) is 1. The molecule has 18 heavy (non-hydrogen) atoms. The molecule has 1 saturated heterocycles. The number of rotatable bonds is 3. The van der Waals surface area contributed by atoms with Gasteiger partial charge in [-0.3, -0.25) is 0 Å². The summed E-state index contributed by atoms with van der Waals surface area (Å²) in [4.78, 5) is 0. The van der Waals surface area contributed by atoms with Gasteiger partial charge in [-0.1, -0.05) is 19.3 Å². The highest BCUT2D eigenvalue weighted by Gasteiger charge is 2.40. The number of hydrogen-bond donors (Lipinski definition) is 1. The summed E-state index contributed by atoms with van der Waals surface area (Å²) in [5.41, 5.74) is 7.09. The second kappa shape index (κ2) is 5.06. The maximum absolute atomic E-state index is 6.38. The van der Waals surface area contributed by atoms with Gasteiger partial charge >= 0.3 is 0 Å². The maximum Gasteiger partial charge on any atom is 0.0762 e. The molecule has 1 atom stereocenters. The van der Waals surface area contributed by atoms with Crippen LogP contribution in [-0.4, -0.2) is 16.3 Å². The summed E-state index contributed by atoms with van der Waals surface area (Å²) >= 11 is 0. The zero-order valence-electron chi connectivity index (χ0n) is 11.1. The van der Waals surface area contributed by atoms with E-state index in [4.69, 9.17) is 10.5 Å². The zero-order valence-corrected chi connectivity index (χ0v) is 11.1. The van der Waals surface area contributed by atoms with Gasteiger partial charge < -0.3 is 15.0 Å². The number of aromatic nitrogens is 1. The molecule has 2 N–H and O–H groups in total. The Balaban J connectivity index is 1.58. The average molecular weight is 248 g/mol. The number of hydrogen-bond acceptors (Lipinski definition) is 2. The molecule has 0 aromatic carbocycles. The van der Waals surface area contributed by atoms with E-state index >= 15 is 0 Å². The monoisotopic (exact) mass is 248 g/mol. The minimum Gasteiger partial charge on any atom is -0.370 e. The molecule has 1 aromatic heterocycles. The highest BCUT2D eigenvalue weighted by atomic mass is 16.5. The van der Waals surface area contributed by atoms with Gasteiger partial charge in [0.2, 0.25) is 0 Å². The first-order chi connectivity index (χ1) is 8.80. The minimum atomic E-state index is 0.243. The predicted octanol–water partition coefficient (Wildman–Crippen LogP) is 2.83. The molecule has 2 aliphatic rings. The summed E-state index contributed by atoms with van der Waals surface area (Å²) in [5, 5.41) is 0. The molecule has 1 spiro atoms. The van der Waals surface area contributed by atoms with Crippen molar-refractivity contribution in [3.8, 4) is 0 Å². The molecular formula is C15H24N2O. The van der Waals surface area contributed by atoms with Crippen molar-refractivity contribution in [2.75, 3.05) is 0 Å². The molecule has 2 fully saturated rings. The number of ether oxygens (including phenoxy) is 1. The molecule has 0 amide bonds. The fourth-order valence-corrected chi connectivity index (χ4v) is 3.55. The molecule has 0 radical (unpaired) electrons. The molecular weight excluding hydrogens is 224 g/mol. The van der Waals surface area contributed by atoms with Crippen molar-refractivity contribution in [1.29, 1.82) is 0 Å². The van der Waals surface area contributed by atoms with Crippen molar-refractivity contribution in [3.05, 3.63) is 24.0 Å². The van der Waals surface area contributed by atoms with Crippen LogP contribution in [0.3, 0.4) is 0 Å². The third-order valence-corrected chi connectivity index (χ3v) is 4.57. The van der Waals surface area contributed by atoms with Crippen molar-refractivity contribution < 1.29 is 4.74 Å². The van der Waals surface area contributed by atoms with Crippen LogP contribution in [0.1, 0.15) is 50.5 Å². The molecule has 1 aliphatic carbocycles. The van der Waals surface area contributed by atoms with Gasteiger partial charge in [0.15, 0.2) is 0 Å². The van der Waals surface area contributed by atoms with Gasteiger partial charge in [-0.15, -0.1) is 0 Å². The largest absolute Gasteiger partial charge is 0.370 e. The third kappa shape index (κ3) is 2.47. The normalized spacial score (nSPS) is 26.8. The minimum absolute atomic E-state index is 0.243. The van der Waals surface area contributed by atoms with Crippen LogP contribution in [0, 0.1) is 0 Å². The van der Waals surface area contributed by atoms with Crippen LogP contribution in [-0.2, 0) is 17.8 Å². The van der Waals surface area contributed by atoms with Gasteiger partial charge in [0.05, 0.1) is 11.7 Å². The first-order valence-electron chi connectivity index (χ1n) is 7.32. The molecule has 1 aromatic rings. The van der Waals surface area contributed by atoms with Gasteiger partial charge in [-0.2, -0.15) is 0 Å². The first kappa shape index (κ1) is 12.2. The molecule has 1 saturated carbocycles. The second-order valence-corrected chi connectivity index (χ2v) is 5.94. The van der Waals surface area contributed by atoms with Crippen LogP contribution in [0.15, 0.2) is 18.5 Å². The van der Waals surface area contributed by atoms with Crippen molar-refractivity contribution in [1.82, 2.24) is 4.57 Å². The predicted molar refractivity (Wildman–Crippen MR) is 72.2 cm³/mol. The van der Waals surface area contributed by atoms with E-state index < -0.39 is 0 Å². The van der Waals surface area contributed by atoms with Crippen LogP contribution in [0.25, 0.3) is 0 Å². The van der Waals surface area contributed by atoms with E-state index in [1.165, 1.54) is 50.5 Å². The Kier molecular flexibility index (Phi) is 3.44. The van der Waals surface area contributed by atoms with Gasteiger partial charge in [0, 0.05) is 25.5 Å². The van der Waals surface area contributed by atoms with Crippen LogP contribution < -0.4 is 5.73 Å². The lowest BCUT2D eigenvalue weighted by Gasteiger charge is -2.33. The standard InChI is InChI=1S/C15H24N2O/c16-10-13-5-9-17(11-13)12-14-4-8-15(18-14)6-2-1-3-7-15/h5,9,11,14H,1-4,6-8,10,12,16H2. The van der Waals surface area contributed by atoms with E-state index in [9.17, 15) is 0 Å². The Morgan fingerprint density at radius 3 is 2.83 bits per heavy atom. The lowest BCUT2D eigenvalue weighted by Crippen LogP contribution is -2.32. The molecule has 1 aliphatic heterocycles. The Bertz CT molecular complexity index is 393. The summed E-state index contributed by atoms with van der Waals surface area (Å²) in [6.07, 6.45) is 13.8. The SMILES string of the molecule is NCc1ccn(CC2CCC3(CCCCC3)O2)c1. The quantitative estimate of drug-likeness (QED) is 0.893. The smallest absolute Gasteiger partial charge is 0.0762 e. The first-order valence-corrected chi connectivity index (χ1v) is 7.32. The molecule has 3 nitrogen and oxygen atoms in total. The van der Waals surface area contributed by atoms with Crippen molar-refractivity contribution >= 4 is 0 Å². The Morgan fingerprint density at radius 1 is 1.28 bits per heavy atom. The molecule has 0 bridgehead atoms. The van der Waals surface area contributed by atoms with E-state index in [0.717, 1.165) is 6.54 Å². The van der Waals surface area contributed by atoms with Crippen LogP contribution in [0.5, 0.6) is 0 Å². The van der Waals surface area contributed by atoms with Gasteiger partial charge in [-0.25, -0.2) is 0 Å². The van der Waals surface area contributed by atoms with E-state index in [1.54, 1.807) is 0 Å². The second-order valence-electron chi connectivity index (χ2n) is 5.94. The van der Waals surface area contributed by atoms with Crippen molar-refractivity contribution in [2.24, 2.45) is 5.73 Å². The topological polar surface area (TPSA) is 40.2 Å². The van der Waals surface area contributed by atoms with Crippen molar-refractivity contribution in [3.63, 3.8) is 0 Å². The summed E-state index contributed by atoms with van der Waals surface area (Å²) < 4.78 is 8.62. The number of nitrogens with zero attached hydrogens (tertiary/aromatic N) is 1. The molecule has 1 unspecified atom stereocenters. The summed E-state index contributed by atoms with van der Waals surface area (Å²) in [5.74, 6) is 0. The highest BCUT2D eigenvalue weighted by molar-refractivity contribution is 5.09. The van der Waals surface area contributed by atoms with Crippen LogP contribution in [0.2, 0.25) is 0 Å². The Hall–Kier alpha value is -0.800. The Morgan fingerprint density at radius 2 is 2.11 bits per heavy atom. The zero-order chi connectivity index (χ0) is 12.4. The average Bonchev–Trinajstić information content (AvgIpc) is 2.99. The Labute approximate surface area is 109 Å². The summed E-state index contributed by atoms with van der Waals surface area (Å²) in [6, 6.07) is 2.10. The summed E-state index contributed by atoms with van der Waals surface area (Å²) in [7, 11) is 0. The molecule has 3 heteroatoms. The van der Waals surface area contributed by atoms with Gasteiger partial charge in [0.25, 0.3) is 0 Å². The molecule has 3 rings (SSSR count). The van der Waals surface area contributed by atoms with E-state index in [1.807, 2.05) is 0 Å². The third-order valence-electron chi connectivity index (χ3n) is 4.57. The molecule has 100 valence electrons. The lowest BCUT2D eigenvalue weighted by atomic mass is 9.83. The van der Waals surface area contributed by atoms with Gasteiger partial charge in [-0.05, 0) is 37.3 Å². The van der Waals surface area contributed by atoms with Crippen LogP contribution in [0.4, 0.5) is 0 Å².